The summed E-state index contributed by atoms with van der Waals surface area (Å²) in [5.74, 6) is -0.554. The molecule has 0 N–H and O–H groups in total. The molecule has 2 rings (SSSR count). The lowest BCUT2D eigenvalue weighted by molar-refractivity contribution is -0.139. The molecule has 5 nitrogen and oxygen atoms in total. The summed E-state index contributed by atoms with van der Waals surface area (Å²) >= 11 is 0. The van der Waals surface area contributed by atoms with Crippen LogP contribution in [0.15, 0.2) is 30.3 Å². The summed E-state index contributed by atoms with van der Waals surface area (Å²) in [4.78, 5) is 26.1. The number of imide groups is 1. The Kier molecular flexibility index (Phi) is 4.35. The quantitative estimate of drug-likeness (QED) is 0.771. The van der Waals surface area contributed by atoms with Gasteiger partial charge < -0.3 is 0 Å². The lowest BCUT2D eigenvalue weighted by atomic mass is 9.75. The molecule has 0 aromatic heterocycles. The maximum atomic E-state index is 12.7. The first-order valence-corrected chi connectivity index (χ1v) is 6.80. The van der Waals surface area contributed by atoms with E-state index in [0.29, 0.717) is 6.42 Å². The first-order valence-electron chi connectivity index (χ1n) is 6.80. The van der Waals surface area contributed by atoms with E-state index < -0.39 is 5.41 Å². The minimum Gasteiger partial charge on any atom is -0.281 e. The second-order valence-corrected chi connectivity index (χ2v) is 5.04. The highest BCUT2D eigenvalue weighted by Crippen LogP contribution is 2.40. The lowest BCUT2D eigenvalue weighted by Crippen LogP contribution is -2.39. The van der Waals surface area contributed by atoms with Crippen molar-refractivity contribution < 1.29 is 9.59 Å². The summed E-state index contributed by atoms with van der Waals surface area (Å²) < 4.78 is 0. The Morgan fingerprint density at radius 2 is 1.76 bits per heavy atom. The van der Waals surface area contributed by atoms with E-state index in [4.69, 9.17) is 10.5 Å². The number of amides is 2. The molecule has 106 valence electrons. The largest absolute Gasteiger partial charge is 0.281 e. The van der Waals surface area contributed by atoms with E-state index in [0.717, 1.165) is 10.5 Å². The molecule has 1 atom stereocenters. The number of likely N-dealkylation sites (tertiary alicyclic amines) is 1. The lowest BCUT2D eigenvalue weighted by Gasteiger charge is -2.26. The normalized spacial score (nSPS) is 21.1. The van der Waals surface area contributed by atoms with Gasteiger partial charge in [-0.1, -0.05) is 30.3 Å². The third kappa shape index (κ3) is 2.64. The van der Waals surface area contributed by atoms with Crippen molar-refractivity contribution in [3.8, 4) is 12.1 Å². The minimum atomic E-state index is -0.955. The molecule has 2 amide bonds. The highest BCUT2D eigenvalue weighted by atomic mass is 16.2. The van der Waals surface area contributed by atoms with Crippen molar-refractivity contribution in [2.75, 3.05) is 6.54 Å². The van der Waals surface area contributed by atoms with E-state index in [2.05, 4.69) is 0 Å². The molecule has 1 aromatic carbocycles. The zero-order chi connectivity index (χ0) is 15.3. The van der Waals surface area contributed by atoms with Crippen LogP contribution in [0.25, 0.3) is 0 Å². The van der Waals surface area contributed by atoms with Gasteiger partial charge >= 0.3 is 0 Å². The molecule has 0 bridgehead atoms. The molecule has 5 heteroatoms. The average Bonchev–Trinajstić information content (AvgIpc) is 2.76. The van der Waals surface area contributed by atoms with Crippen molar-refractivity contribution in [3.63, 3.8) is 0 Å². The second kappa shape index (κ2) is 6.19. The Labute approximate surface area is 123 Å². The Bertz CT molecular complexity index is 627. The second-order valence-electron chi connectivity index (χ2n) is 5.04. The topological polar surface area (TPSA) is 85.0 Å². The first kappa shape index (κ1) is 14.7. The van der Waals surface area contributed by atoms with Crippen LogP contribution in [0, 0.1) is 22.7 Å². The summed E-state index contributed by atoms with van der Waals surface area (Å²) in [6.45, 7) is 0.120. The molecule has 0 saturated carbocycles. The van der Waals surface area contributed by atoms with Crippen LogP contribution in [0.2, 0.25) is 0 Å². The SMILES string of the molecule is N#CCCN1C(=O)CC(CCC#N)(c2ccccc2)C1=O. The van der Waals surface area contributed by atoms with Crippen LogP contribution in [-0.2, 0) is 15.0 Å². The molecule has 1 saturated heterocycles. The maximum Gasteiger partial charge on any atom is 0.240 e. The van der Waals surface area contributed by atoms with E-state index in [1.165, 1.54) is 0 Å². The van der Waals surface area contributed by atoms with Gasteiger partial charge in [-0.05, 0) is 12.0 Å². The highest BCUT2D eigenvalue weighted by Gasteiger charge is 2.51. The summed E-state index contributed by atoms with van der Waals surface area (Å²) in [5, 5.41) is 17.5. The molecule has 1 aliphatic rings. The van der Waals surface area contributed by atoms with Gasteiger partial charge in [0.25, 0.3) is 0 Å². The van der Waals surface area contributed by atoms with E-state index in [1.54, 1.807) is 0 Å². The molecule has 21 heavy (non-hydrogen) atoms. The van der Waals surface area contributed by atoms with Crippen LogP contribution in [0.4, 0.5) is 0 Å². The van der Waals surface area contributed by atoms with Gasteiger partial charge in [-0.25, -0.2) is 0 Å². The van der Waals surface area contributed by atoms with Gasteiger partial charge in [-0.2, -0.15) is 10.5 Å². The molecular formula is C16H15N3O2. The predicted octanol–water partition coefficient (Wildman–Crippen LogP) is 1.90. The van der Waals surface area contributed by atoms with Crippen molar-refractivity contribution >= 4 is 11.8 Å². The maximum absolute atomic E-state index is 12.7. The molecule has 1 unspecified atom stereocenters. The highest BCUT2D eigenvalue weighted by molar-refractivity contribution is 6.09. The fourth-order valence-corrected chi connectivity index (χ4v) is 2.78. The predicted molar refractivity (Wildman–Crippen MR) is 74.5 cm³/mol. The number of hydrogen-bond acceptors (Lipinski definition) is 4. The van der Waals surface area contributed by atoms with Gasteiger partial charge in [0.1, 0.15) is 0 Å². The van der Waals surface area contributed by atoms with Crippen LogP contribution in [0.3, 0.4) is 0 Å². The fraction of sp³-hybridized carbons (Fsp3) is 0.375. The zero-order valence-electron chi connectivity index (χ0n) is 11.6. The van der Waals surface area contributed by atoms with Gasteiger partial charge in [0.05, 0.1) is 24.0 Å². The Balaban J connectivity index is 2.39. The van der Waals surface area contributed by atoms with E-state index >= 15 is 0 Å². The third-order valence-electron chi connectivity index (χ3n) is 3.85. The van der Waals surface area contributed by atoms with Crippen molar-refractivity contribution in [3.05, 3.63) is 35.9 Å². The van der Waals surface area contributed by atoms with Crippen molar-refractivity contribution in [1.29, 1.82) is 10.5 Å². The monoisotopic (exact) mass is 281 g/mol. The molecule has 0 spiro atoms. The summed E-state index contributed by atoms with van der Waals surface area (Å²) in [6, 6.07) is 13.1. The number of nitrogens with zero attached hydrogens (tertiary/aromatic N) is 3. The van der Waals surface area contributed by atoms with Crippen LogP contribution in [0.1, 0.15) is 31.2 Å². The molecule has 0 radical (unpaired) electrons. The van der Waals surface area contributed by atoms with Crippen molar-refractivity contribution in [1.82, 2.24) is 4.90 Å². The Morgan fingerprint density at radius 3 is 2.38 bits per heavy atom. The van der Waals surface area contributed by atoms with E-state index in [9.17, 15) is 9.59 Å². The number of benzene rings is 1. The molecule has 0 aliphatic carbocycles. The molecular weight excluding hydrogens is 266 g/mol. The van der Waals surface area contributed by atoms with E-state index in [-0.39, 0.29) is 37.6 Å². The van der Waals surface area contributed by atoms with Crippen LogP contribution in [0.5, 0.6) is 0 Å². The number of nitriles is 2. The first-order chi connectivity index (χ1) is 10.2. The summed E-state index contributed by atoms with van der Waals surface area (Å²) in [6.07, 6.45) is 0.727. The number of rotatable bonds is 5. The smallest absolute Gasteiger partial charge is 0.240 e. The fourth-order valence-electron chi connectivity index (χ4n) is 2.78. The van der Waals surface area contributed by atoms with Gasteiger partial charge in [-0.15, -0.1) is 0 Å². The van der Waals surface area contributed by atoms with E-state index in [1.807, 2.05) is 42.5 Å². The number of carbonyl (C=O) groups is 2. The molecule has 1 aromatic rings. The molecule has 1 fully saturated rings. The van der Waals surface area contributed by atoms with Crippen molar-refractivity contribution in [2.24, 2.45) is 0 Å². The molecule has 1 aliphatic heterocycles. The minimum absolute atomic E-state index is 0.0724. The Hall–Kier alpha value is -2.66. The van der Waals surface area contributed by atoms with Gasteiger partial charge in [-0.3, -0.25) is 14.5 Å². The van der Waals surface area contributed by atoms with Crippen LogP contribution in [-0.4, -0.2) is 23.3 Å². The molecule has 1 heterocycles. The summed E-state index contributed by atoms with van der Waals surface area (Å²) in [5.41, 5.74) is -0.193. The Morgan fingerprint density at radius 1 is 1.10 bits per heavy atom. The zero-order valence-corrected chi connectivity index (χ0v) is 11.6. The van der Waals surface area contributed by atoms with Crippen LogP contribution >= 0.6 is 0 Å². The number of hydrogen-bond donors (Lipinski definition) is 0. The summed E-state index contributed by atoms with van der Waals surface area (Å²) in [7, 11) is 0. The number of carbonyl (C=O) groups excluding carboxylic acids is 2. The van der Waals surface area contributed by atoms with Crippen LogP contribution < -0.4 is 0 Å². The van der Waals surface area contributed by atoms with Gasteiger partial charge in [0.15, 0.2) is 0 Å². The van der Waals surface area contributed by atoms with Gasteiger partial charge in [0.2, 0.25) is 11.8 Å². The average molecular weight is 281 g/mol. The van der Waals surface area contributed by atoms with Gasteiger partial charge in [0, 0.05) is 19.4 Å². The third-order valence-corrected chi connectivity index (χ3v) is 3.85. The van der Waals surface area contributed by atoms with Crippen molar-refractivity contribution in [2.45, 2.75) is 31.1 Å². The standard InChI is InChI=1S/C16H15N3O2/c17-9-4-8-16(13-6-2-1-3-7-13)12-14(20)19(15(16)21)11-5-10-18/h1-3,6-7H,4-5,8,11-12H2.